The Morgan fingerprint density at radius 1 is 0.974 bits per heavy atom. The van der Waals surface area contributed by atoms with Crippen LogP contribution in [0.2, 0.25) is 0 Å². The van der Waals surface area contributed by atoms with Gasteiger partial charge in [0.1, 0.15) is 5.82 Å². The van der Waals surface area contributed by atoms with Crippen molar-refractivity contribution in [3.05, 3.63) is 29.1 Å². The van der Waals surface area contributed by atoms with Crippen LogP contribution in [0.1, 0.15) is 88.2 Å². The van der Waals surface area contributed by atoms with Crippen LogP contribution in [0.3, 0.4) is 0 Å². The van der Waals surface area contributed by atoms with Crippen LogP contribution in [0.4, 0.5) is 23.2 Å². The van der Waals surface area contributed by atoms with Crippen LogP contribution in [-0.4, -0.2) is 37.7 Å². The minimum absolute atomic E-state index is 0.0311. The number of nitrogens with one attached hydrogen (secondary N) is 2. The van der Waals surface area contributed by atoms with E-state index in [-0.39, 0.29) is 23.8 Å². The predicted octanol–water partition coefficient (Wildman–Crippen LogP) is 5.80. The monoisotopic (exact) mass is 543 g/mol. The Labute approximate surface area is 222 Å². The fourth-order valence-corrected chi connectivity index (χ4v) is 6.28. The average Bonchev–Trinajstić information content (AvgIpc) is 2.91. The van der Waals surface area contributed by atoms with Crippen molar-refractivity contribution >= 4 is 17.5 Å². The van der Waals surface area contributed by atoms with Crippen molar-refractivity contribution in [3.63, 3.8) is 0 Å². The summed E-state index contributed by atoms with van der Waals surface area (Å²) in [7, 11) is 1.40. The quantitative estimate of drug-likeness (QED) is 0.243. The van der Waals surface area contributed by atoms with Gasteiger partial charge in [-0.2, -0.15) is 0 Å². The third-order valence-electron chi connectivity index (χ3n) is 8.25. The molecule has 0 radical (unpaired) electrons. The molecule has 0 heterocycles. The molecule has 0 saturated heterocycles. The molecule has 0 aliphatic heterocycles. The maximum atomic E-state index is 15.2. The first-order valence-electron chi connectivity index (χ1n) is 13.7. The van der Waals surface area contributed by atoms with Crippen molar-refractivity contribution in [2.24, 2.45) is 23.5 Å². The van der Waals surface area contributed by atoms with Gasteiger partial charge >= 0.3 is 0 Å². The lowest BCUT2D eigenvalue weighted by atomic mass is 9.66. The lowest BCUT2D eigenvalue weighted by Crippen LogP contribution is -2.48. The van der Waals surface area contributed by atoms with Gasteiger partial charge in [0, 0.05) is 7.11 Å². The Hall–Kier alpha value is -2.20. The minimum atomic E-state index is -3.38. The maximum Gasteiger partial charge on any atom is 0.287 e. The number of benzene rings is 1. The standard InChI is InChI=1S/C28H41F4N3O3/c1-16(27(36)35-26(32)25(30)31)20-14-21(29)22(13-19(20)15-38-2)34-28(37)24(33)23(17-9-5-3-6-10-17)18-11-7-4-8-12-18/h13-14,16-18,23-26H,3-12,15,33H2,1-2H3,(H,34,37)(H,35,36)/t16?,24-,26?/m0/s1. The van der Waals surface area contributed by atoms with E-state index in [2.05, 4.69) is 5.32 Å². The fraction of sp³-hybridized carbons (Fsp3) is 0.714. The molecule has 1 aromatic rings. The second-order valence-corrected chi connectivity index (χ2v) is 10.8. The molecule has 2 aliphatic rings. The van der Waals surface area contributed by atoms with Gasteiger partial charge in [-0.05, 0) is 47.9 Å². The van der Waals surface area contributed by atoms with Gasteiger partial charge in [0.05, 0.1) is 24.3 Å². The van der Waals surface area contributed by atoms with E-state index in [1.165, 1.54) is 32.9 Å². The Bertz CT molecular complexity index is 918. The average molecular weight is 544 g/mol. The molecule has 3 rings (SSSR count). The Kier molecular flexibility index (Phi) is 11.4. The molecule has 2 unspecified atom stereocenters. The molecule has 2 saturated carbocycles. The summed E-state index contributed by atoms with van der Waals surface area (Å²) in [4.78, 5) is 25.7. The number of alkyl halides is 3. The molecule has 1 aromatic carbocycles. The highest BCUT2D eigenvalue weighted by atomic mass is 19.3. The van der Waals surface area contributed by atoms with Gasteiger partial charge in [0.25, 0.3) is 6.43 Å². The van der Waals surface area contributed by atoms with Gasteiger partial charge in [-0.1, -0.05) is 64.2 Å². The zero-order valence-corrected chi connectivity index (χ0v) is 22.3. The predicted molar refractivity (Wildman–Crippen MR) is 138 cm³/mol. The van der Waals surface area contributed by atoms with E-state index < -0.39 is 42.3 Å². The smallest absolute Gasteiger partial charge is 0.287 e. The van der Waals surface area contributed by atoms with E-state index >= 15 is 4.39 Å². The van der Waals surface area contributed by atoms with Gasteiger partial charge in [0.2, 0.25) is 18.1 Å². The maximum absolute atomic E-state index is 15.2. The summed E-state index contributed by atoms with van der Waals surface area (Å²) in [6.07, 6.45) is 4.90. The number of rotatable bonds is 11. The zero-order valence-electron chi connectivity index (χ0n) is 22.3. The van der Waals surface area contributed by atoms with Crippen LogP contribution in [0, 0.1) is 23.6 Å². The molecule has 10 heteroatoms. The largest absolute Gasteiger partial charge is 0.380 e. The molecular weight excluding hydrogens is 502 g/mol. The summed E-state index contributed by atoms with van der Waals surface area (Å²) in [6, 6.07) is 1.63. The molecule has 2 fully saturated rings. The number of ether oxygens (including phenoxy) is 1. The Morgan fingerprint density at radius 3 is 2.03 bits per heavy atom. The first kappa shape index (κ1) is 30.3. The summed E-state index contributed by atoms with van der Waals surface area (Å²) in [5.74, 6) is -2.64. The lowest BCUT2D eigenvalue weighted by Gasteiger charge is -2.40. The zero-order chi connectivity index (χ0) is 27.8. The van der Waals surface area contributed by atoms with Crippen molar-refractivity contribution in [3.8, 4) is 0 Å². The first-order chi connectivity index (χ1) is 18.1. The van der Waals surface area contributed by atoms with Crippen LogP contribution < -0.4 is 16.4 Å². The number of carbonyl (C=O) groups excluding carboxylic acids is 2. The van der Waals surface area contributed by atoms with Crippen LogP contribution in [0.25, 0.3) is 0 Å². The number of methoxy groups -OCH3 is 1. The van der Waals surface area contributed by atoms with Gasteiger partial charge in [-0.15, -0.1) is 0 Å². The van der Waals surface area contributed by atoms with E-state index in [4.69, 9.17) is 10.5 Å². The molecule has 0 bridgehead atoms. The number of nitrogens with two attached hydrogens (primary N) is 1. The molecule has 0 spiro atoms. The molecular formula is C28H41F4N3O3. The number of hydrogen-bond donors (Lipinski definition) is 3. The molecule has 2 amide bonds. The molecule has 2 aliphatic carbocycles. The van der Waals surface area contributed by atoms with Crippen LogP contribution in [0.5, 0.6) is 0 Å². The van der Waals surface area contributed by atoms with Crippen LogP contribution in [-0.2, 0) is 20.9 Å². The summed E-state index contributed by atoms with van der Waals surface area (Å²) in [5.41, 5.74) is 7.01. The molecule has 38 heavy (non-hydrogen) atoms. The number of anilines is 1. The SMILES string of the molecule is COCc1cc(NC(=O)[C@@H](N)C(C2CCCCC2)C2CCCCC2)c(F)cc1C(C)C(=O)NC(F)C(F)F. The highest BCUT2D eigenvalue weighted by Crippen LogP contribution is 2.41. The van der Waals surface area contributed by atoms with E-state index in [1.807, 2.05) is 0 Å². The van der Waals surface area contributed by atoms with Gasteiger partial charge in [-0.25, -0.2) is 17.6 Å². The third-order valence-corrected chi connectivity index (χ3v) is 8.25. The number of carbonyl (C=O) groups is 2. The van der Waals surface area contributed by atoms with E-state index in [0.29, 0.717) is 17.4 Å². The summed E-state index contributed by atoms with van der Waals surface area (Å²) >= 11 is 0. The van der Waals surface area contributed by atoms with Gasteiger partial charge < -0.3 is 21.1 Å². The minimum Gasteiger partial charge on any atom is -0.380 e. The van der Waals surface area contributed by atoms with Crippen molar-refractivity contribution in [1.29, 1.82) is 0 Å². The fourth-order valence-electron chi connectivity index (χ4n) is 6.28. The topological polar surface area (TPSA) is 93.4 Å². The summed E-state index contributed by atoms with van der Waals surface area (Å²) in [6.45, 7) is 1.32. The van der Waals surface area contributed by atoms with Crippen molar-refractivity contribution in [2.45, 2.75) is 102 Å². The summed E-state index contributed by atoms with van der Waals surface area (Å²) < 4.78 is 58.8. The van der Waals surface area contributed by atoms with E-state index in [9.17, 15) is 22.8 Å². The lowest BCUT2D eigenvalue weighted by molar-refractivity contribution is -0.126. The normalized spacial score (nSPS) is 19.8. The highest BCUT2D eigenvalue weighted by molar-refractivity contribution is 5.95. The van der Waals surface area contributed by atoms with Crippen molar-refractivity contribution in [2.75, 3.05) is 12.4 Å². The van der Waals surface area contributed by atoms with E-state index in [0.717, 1.165) is 57.4 Å². The van der Waals surface area contributed by atoms with Crippen LogP contribution >= 0.6 is 0 Å². The molecule has 4 N–H and O–H groups in total. The third kappa shape index (κ3) is 7.68. The second-order valence-electron chi connectivity index (χ2n) is 10.8. The second kappa shape index (κ2) is 14.3. The van der Waals surface area contributed by atoms with E-state index in [1.54, 1.807) is 5.32 Å². The Balaban J connectivity index is 1.80. The Morgan fingerprint density at radius 2 is 1.53 bits per heavy atom. The highest BCUT2D eigenvalue weighted by Gasteiger charge is 2.38. The molecule has 214 valence electrons. The molecule has 3 atom stereocenters. The molecule has 0 aromatic heterocycles. The first-order valence-corrected chi connectivity index (χ1v) is 13.7. The van der Waals surface area contributed by atoms with Crippen molar-refractivity contribution < 1.29 is 31.9 Å². The van der Waals surface area contributed by atoms with Crippen LogP contribution in [0.15, 0.2) is 12.1 Å². The molecule has 6 nitrogen and oxygen atoms in total. The van der Waals surface area contributed by atoms with Crippen molar-refractivity contribution in [1.82, 2.24) is 5.32 Å². The summed E-state index contributed by atoms with van der Waals surface area (Å²) in [5, 5.41) is 4.25. The van der Waals surface area contributed by atoms with Gasteiger partial charge in [-0.3, -0.25) is 9.59 Å². The number of hydrogen-bond acceptors (Lipinski definition) is 4. The number of halogens is 4. The van der Waals surface area contributed by atoms with Gasteiger partial charge in [0.15, 0.2) is 0 Å². The number of amides is 2.